The summed E-state index contributed by atoms with van der Waals surface area (Å²) >= 11 is 0. The molecule has 6 heterocycles. The van der Waals surface area contributed by atoms with E-state index in [1.54, 1.807) is 25.3 Å². The second kappa shape index (κ2) is 16.7. The van der Waals surface area contributed by atoms with Gasteiger partial charge in [0.05, 0.1) is 31.2 Å². The number of rotatable bonds is 9. The molecule has 1 N–H and O–H groups in total. The third-order valence-corrected chi connectivity index (χ3v) is 12.7. The number of anilines is 3. The van der Waals surface area contributed by atoms with Gasteiger partial charge in [-0.2, -0.15) is 0 Å². The van der Waals surface area contributed by atoms with Crippen molar-refractivity contribution >= 4 is 52.4 Å². The Labute approximate surface area is 344 Å². The van der Waals surface area contributed by atoms with Crippen molar-refractivity contribution in [2.24, 2.45) is 5.92 Å². The van der Waals surface area contributed by atoms with E-state index in [4.69, 9.17) is 16.3 Å². The molecule has 4 saturated heterocycles. The number of piperazine rings is 2. The average molecular weight is 802 g/mol. The van der Waals surface area contributed by atoms with Crippen molar-refractivity contribution in [1.82, 2.24) is 25.0 Å². The molecule has 2 aromatic carbocycles. The Morgan fingerprint density at radius 2 is 1.59 bits per heavy atom. The number of aromatic nitrogens is 1. The molecular formula is C44H51N9O6. The molecule has 5 aliphatic heterocycles. The van der Waals surface area contributed by atoms with Gasteiger partial charge in [-0.3, -0.25) is 39.1 Å². The number of imide groups is 2. The quantitative estimate of drug-likeness (QED) is 0.250. The van der Waals surface area contributed by atoms with E-state index in [1.807, 2.05) is 41.4 Å². The lowest BCUT2D eigenvalue weighted by Gasteiger charge is -2.45. The number of nitrogens with zero attached hydrogens (tertiary/aromatic N) is 8. The van der Waals surface area contributed by atoms with Crippen LogP contribution in [0.25, 0.3) is 4.85 Å². The van der Waals surface area contributed by atoms with E-state index in [9.17, 15) is 24.0 Å². The fourth-order valence-corrected chi connectivity index (χ4v) is 9.31. The van der Waals surface area contributed by atoms with Crippen LogP contribution in [0.5, 0.6) is 5.75 Å². The van der Waals surface area contributed by atoms with Gasteiger partial charge in [-0.15, -0.1) is 0 Å². The van der Waals surface area contributed by atoms with E-state index in [2.05, 4.69) is 43.6 Å². The zero-order valence-corrected chi connectivity index (χ0v) is 33.9. The molecule has 4 fully saturated rings. The van der Waals surface area contributed by atoms with Crippen molar-refractivity contribution in [1.29, 1.82) is 0 Å². The largest absolute Gasteiger partial charge is 0.508 e. The topological polar surface area (TPSA) is 143 Å². The minimum Gasteiger partial charge on any atom is -0.508 e. The van der Waals surface area contributed by atoms with Gasteiger partial charge in [0, 0.05) is 95.0 Å². The fourth-order valence-electron chi connectivity index (χ4n) is 9.31. The van der Waals surface area contributed by atoms with Crippen LogP contribution in [0.4, 0.5) is 22.9 Å². The number of nitrogens with one attached hydrogen (secondary N) is 1. The summed E-state index contributed by atoms with van der Waals surface area (Å²) in [5, 5.41) is 2.25. The molecule has 5 aliphatic rings. The van der Waals surface area contributed by atoms with Crippen molar-refractivity contribution in [2.75, 3.05) is 80.7 Å². The predicted molar refractivity (Wildman–Crippen MR) is 222 cm³/mol. The molecule has 8 rings (SSSR count). The number of carbonyl (C=O) groups is 5. The van der Waals surface area contributed by atoms with Crippen molar-refractivity contribution in [3.05, 3.63) is 82.8 Å². The average Bonchev–Trinajstić information content (AvgIpc) is 3.49. The van der Waals surface area contributed by atoms with Crippen LogP contribution in [-0.2, 0) is 20.8 Å². The van der Waals surface area contributed by atoms with Crippen LogP contribution in [0.2, 0.25) is 0 Å². The molecule has 3 aromatic rings. The van der Waals surface area contributed by atoms with E-state index in [0.717, 1.165) is 86.3 Å². The Hall–Kier alpha value is -6.01. The number of hydrogen-bond donors (Lipinski definition) is 1. The van der Waals surface area contributed by atoms with Crippen molar-refractivity contribution in [3.63, 3.8) is 0 Å². The molecule has 0 aliphatic carbocycles. The number of carbonyl (C=O) groups excluding carboxylic acids is 5. The molecule has 0 radical (unpaired) electrons. The van der Waals surface area contributed by atoms with Gasteiger partial charge in [0.2, 0.25) is 23.4 Å². The van der Waals surface area contributed by atoms with E-state index in [-0.39, 0.29) is 30.8 Å². The van der Waals surface area contributed by atoms with Gasteiger partial charge in [0.15, 0.2) is 0 Å². The van der Waals surface area contributed by atoms with Crippen LogP contribution in [-0.4, -0.2) is 133 Å². The van der Waals surface area contributed by atoms with Gasteiger partial charge >= 0.3 is 0 Å². The molecular weight excluding hydrogens is 751 g/mol. The monoisotopic (exact) mass is 801 g/mol. The second-order valence-electron chi connectivity index (χ2n) is 16.5. The molecule has 59 heavy (non-hydrogen) atoms. The van der Waals surface area contributed by atoms with Gasteiger partial charge in [-0.05, 0) is 81.0 Å². The van der Waals surface area contributed by atoms with E-state index in [0.29, 0.717) is 48.0 Å². The van der Waals surface area contributed by atoms with Crippen LogP contribution in [0.1, 0.15) is 65.8 Å². The maximum absolute atomic E-state index is 13.5. The molecule has 5 amide bonds. The number of methoxy groups -OCH3 is 1. The lowest BCUT2D eigenvalue weighted by Crippen LogP contribution is -2.58. The minimum absolute atomic E-state index is 0.0222. The van der Waals surface area contributed by atoms with E-state index >= 15 is 0 Å². The maximum atomic E-state index is 13.5. The molecule has 3 atom stereocenters. The first-order valence-corrected chi connectivity index (χ1v) is 20.7. The Balaban J connectivity index is 0.778. The zero-order valence-electron chi connectivity index (χ0n) is 33.9. The lowest BCUT2D eigenvalue weighted by molar-refractivity contribution is -0.136. The van der Waals surface area contributed by atoms with Gasteiger partial charge in [0.1, 0.15) is 17.6 Å². The summed E-state index contributed by atoms with van der Waals surface area (Å²) in [4.78, 5) is 84.7. The summed E-state index contributed by atoms with van der Waals surface area (Å²) in [6, 6.07) is 14.2. The maximum Gasteiger partial charge on any atom is 0.262 e. The highest BCUT2D eigenvalue weighted by atomic mass is 16.5. The summed E-state index contributed by atoms with van der Waals surface area (Å²) in [5.41, 5.74) is 3.87. The van der Waals surface area contributed by atoms with E-state index < -0.39 is 29.7 Å². The van der Waals surface area contributed by atoms with Crippen LogP contribution >= 0.6 is 0 Å². The number of amides is 5. The molecule has 1 aromatic heterocycles. The normalized spacial score (nSPS) is 23.0. The van der Waals surface area contributed by atoms with Gasteiger partial charge in [0.25, 0.3) is 11.8 Å². The summed E-state index contributed by atoms with van der Waals surface area (Å²) in [7, 11) is 1.58. The summed E-state index contributed by atoms with van der Waals surface area (Å²) in [6.45, 7) is 19.2. The Morgan fingerprint density at radius 1 is 0.847 bits per heavy atom. The summed E-state index contributed by atoms with van der Waals surface area (Å²) < 4.78 is 5.44. The fraction of sp³-hybridized carbons (Fsp3) is 0.477. The van der Waals surface area contributed by atoms with E-state index in [1.165, 1.54) is 0 Å². The summed E-state index contributed by atoms with van der Waals surface area (Å²) in [5.74, 6) is 0.213. The number of piperidine rings is 2. The van der Waals surface area contributed by atoms with Crippen molar-refractivity contribution in [3.8, 4) is 5.75 Å². The third kappa shape index (κ3) is 8.06. The highest BCUT2D eigenvalue weighted by Gasteiger charge is 2.45. The highest BCUT2D eigenvalue weighted by molar-refractivity contribution is 6.23. The standard InChI is InChI=1S/C44H51N9O6/c1-28-26-52(29(2)25-51(28)33-7-9-36(45-3)38(23-33)59-4)41(55)21-31-5-11-39(46-24-31)50-15-13-30(14-16-50)27-48-17-19-49(20-18-48)32-6-8-34-35(22-32)44(58)53(43(34)57)37-10-12-40(54)47-42(37)56/h5-9,11,22-24,28-30,37H,10,12-21,25-27H2,1-2,4H3,(H,47,54,56)/t28-,29+,37?/m0/s1. The van der Waals surface area contributed by atoms with Gasteiger partial charge in [-0.1, -0.05) is 12.1 Å². The zero-order chi connectivity index (χ0) is 41.4. The van der Waals surface area contributed by atoms with Crippen LogP contribution < -0.4 is 24.8 Å². The molecule has 308 valence electrons. The molecule has 15 heteroatoms. The molecule has 0 saturated carbocycles. The third-order valence-electron chi connectivity index (χ3n) is 12.7. The second-order valence-corrected chi connectivity index (χ2v) is 16.5. The summed E-state index contributed by atoms with van der Waals surface area (Å²) in [6.07, 6.45) is 4.53. The number of ether oxygens (including phenoxy) is 1. The number of hydrogen-bond acceptors (Lipinski definition) is 11. The Bertz CT molecular complexity index is 2170. The smallest absolute Gasteiger partial charge is 0.262 e. The first-order valence-electron chi connectivity index (χ1n) is 20.7. The first kappa shape index (κ1) is 39.8. The molecule has 0 spiro atoms. The SMILES string of the molecule is [C-]#[N+]c1ccc(N2C[C@@H](C)N(C(=O)Cc3ccc(N4CCC(CN5CCN(c6ccc7c(c6)C(=O)N(C6CCC(=O)NC6=O)C7=O)CC5)CC4)nc3)C[C@@H]2C)cc1OC. The van der Waals surface area contributed by atoms with Crippen molar-refractivity contribution in [2.45, 2.75) is 64.1 Å². The Morgan fingerprint density at radius 3 is 2.29 bits per heavy atom. The first-order chi connectivity index (χ1) is 28.5. The van der Waals surface area contributed by atoms with Crippen LogP contribution in [0.3, 0.4) is 0 Å². The van der Waals surface area contributed by atoms with Gasteiger partial charge in [-0.25, -0.2) is 9.83 Å². The lowest BCUT2D eigenvalue weighted by atomic mass is 9.95. The molecule has 15 nitrogen and oxygen atoms in total. The molecule has 0 bridgehead atoms. The minimum atomic E-state index is -0.972. The highest BCUT2D eigenvalue weighted by Crippen LogP contribution is 2.35. The van der Waals surface area contributed by atoms with Crippen LogP contribution in [0.15, 0.2) is 54.7 Å². The number of pyridine rings is 1. The van der Waals surface area contributed by atoms with Crippen LogP contribution in [0, 0.1) is 12.5 Å². The number of fused-ring (bicyclic) bond motifs is 1. The van der Waals surface area contributed by atoms with Gasteiger partial charge < -0.3 is 24.3 Å². The number of benzene rings is 2. The molecule has 1 unspecified atom stereocenters. The predicted octanol–water partition coefficient (Wildman–Crippen LogP) is 3.75. The van der Waals surface area contributed by atoms with Crippen molar-refractivity contribution < 1.29 is 28.7 Å². The Kier molecular flexibility index (Phi) is 11.3.